The molecule has 19 heavy (non-hydrogen) atoms. The molecule has 0 bridgehead atoms. The first-order chi connectivity index (χ1) is 8.74. The number of nitro benzene ring substituents is 1. The van der Waals surface area contributed by atoms with E-state index < -0.39 is 16.5 Å². The first-order valence-electron chi connectivity index (χ1n) is 5.45. The number of rotatable bonds is 3. The number of hydrogen-bond donors (Lipinski definition) is 0. The van der Waals surface area contributed by atoms with Crippen molar-refractivity contribution < 1.29 is 19.2 Å². The van der Waals surface area contributed by atoms with E-state index in [2.05, 4.69) is 4.79 Å². The lowest BCUT2D eigenvalue weighted by Crippen LogP contribution is -2.30. The summed E-state index contributed by atoms with van der Waals surface area (Å²) in [5, 5.41) is 10.5. The van der Waals surface area contributed by atoms with Crippen molar-refractivity contribution >= 4 is 17.4 Å². The summed E-state index contributed by atoms with van der Waals surface area (Å²) in [4.78, 5) is 24.6. The molecule has 7 heteroatoms. The van der Waals surface area contributed by atoms with Crippen LogP contribution in [0.5, 0.6) is 0 Å². The lowest BCUT2D eigenvalue weighted by Gasteiger charge is -2.17. The number of benzene rings is 1. The van der Waals surface area contributed by atoms with Gasteiger partial charge in [0.05, 0.1) is 10.5 Å². The highest BCUT2D eigenvalue weighted by Crippen LogP contribution is 2.14. The SMILES string of the molecule is CC(C)(C)OC(=O)C(=[N+]=[N-])c1ccc([N+](=O)[O-])cc1. The van der Waals surface area contributed by atoms with Crippen LogP contribution in [0, 0.1) is 10.1 Å². The van der Waals surface area contributed by atoms with E-state index in [-0.39, 0.29) is 17.0 Å². The van der Waals surface area contributed by atoms with Crippen molar-refractivity contribution in [2.24, 2.45) is 0 Å². The Kier molecular flexibility index (Phi) is 4.14. The van der Waals surface area contributed by atoms with Gasteiger partial charge in [0.1, 0.15) is 5.60 Å². The zero-order chi connectivity index (χ0) is 14.6. The van der Waals surface area contributed by atoms with Crippen molar-refractivity contribution in [3.8, 4) is 0 Å². The van der Waals surface area contributed by atoms with Crippen LogP contribution < -0.4 is 0 Å². The van der Waals surface area contributed by atoms with Gasteiger partial charge in [-0.1, -0.05) is 0 Å². The highest BCUT2D eigenvalue weighted by molar-refractivity contribution is 6.40. The summed E-state index contributed by atoms with van der Waals surface area (Å²) < 4.78 is 5.06. The predicted octanol–water partition coefficient (Wildman–Crippen LogP) is 1.96. The van der Waals surface area contributed by atoms with E-state index in [0.29, 0.717) is 0 Å². The van der Waals surface area contributed by atoms with Gasteiger partial charge in [0, 0.05) is 12.1 Å². The number of non-ortho nitro benzene ring substituents is 1. The van der Waals surface area contributed by atoms with Crippen molar-refractivity contribution in [2.75, 3.05) is 0 Å². The fourth-order valence-corrected chi connectivity index (χ4v) is 1.28. The van der Waals surface area contributed by atoms with Crippen LogP contribution in [0.15, 0.2) is 24.3 Å². The zero-order valence-electron chi connectivity index (χ0n) is 10.8. The van der Waals surface area contributed by atoms with E-state index in [1.807, 2.05) is 0 Å². The molecule has 1 aromatic rings. The van der Waals surface area contributed by atoms with Crippen molar-refractivity contribution in [3.05, 3.63) is 45.5 Å². The molecule has 0 saturated heterocycles. The Hall–Kier alpha value is -2.53. The number of nitrogens with zero attached hydrogens (tertiary/aromatic N) is 3. The summed E-state index contributed by atoms with van der Waals surface area (Å²) >= 11 is 0. The van der Waals surface area contributed by atoms with Crippen molar-refractivity contribution in [1.29, 1.82) is 0 Å². The molecule has 0 saturated carbocycles. The van der Waals surface area contributed by atoms with Gasteiger partial charge in [-0.05, 0) is 32.9 Å². The van der Waals surface area contributed by atoms with Crippen LogP contribution in [-0.2, 0) is 9.53 Å². The van der Waals surface area contributed by atoms with E-state index in [9.17, 15) is 14.9 Å². The number of hydrogen-bond acceptors (Lipinski definition) is 4. The van der Waals surface area contributed by atoms with E-state index in [1.165, 1.54) is 24.3 Å². The van der Waals surface area contributed by atoms with Gasteiger partial charge in [0.25, 0.3) is 5.69 Å². The Morgan fingerprint density at radius 2 is 1.84 bits per heavy atom. The van der Waals surface area contributed by atoms with Gasteiger partial charge in [-0.2, -0.15) is 4.79 Å². The fourth-order valence-electron chi connectivity index (χ4n) is 1.28. The molecule has 0 atom stereocenters. The van der Waals surface area contributed by atoms with Gasteiger partial charge in [0.15, 0.2) is 0 Å². The number of ether oxygens (including phenoxy) is 1. The number of carbonyl (C=O) groups is 1. The Balaban J connectivity index is 3.02. The standard InChI is InChI=1S/C12H13N3O4/c1-12(2,3)19-11(16)10(14-13)8-4-6-9(7-5-8)15(17)18/h4-7H,1-3H3. The van der Waals surface area contributed by atoms with Crippen LogP contribution in [0.4, 0.5) is 5.69 Å². The normalized spacial score (nSPS) is 10.5. The number of esters is 1. The molecule has 0 aliphatic carbocycles. The van der Waals surface area contributed by atoms with E-state index >= 15 is 0 Å². The molecule has 0 aliphatic rings. The van der Waals surface area contributed by atoms with Crippen molar-refractivity contribution in [2.45, 2.75) is 26.4 Å². The Bertz CT molecular complexity index is 551. The van der Waals surface area contributed by atoms with Crippen molar-refractivity contribution in [1.82, 2.24) is 0 Å². The molecule has 0 amide bonds. The summed E-state index contributed by atoms with van der Waals surface area (Å²) in [6, 6.07) is 5.06. The molecule has 0 N–H and O–H groups in total. The number of carbonyl (C=O) groups excluding carboxylic acids is 1. The van der Waals surface area contributed by atoms with Gasteiger partial charge in [-0.25, -0.2) is 4.79 Å². The summed E-state index contributed by atoms with van der Waals surface area (Å²) in [6.45, 7) is 5.03. The third-order valence-corrected chi connectivity index (χ3v) is 2.04. The molecule has 100 valence electrons. The molecule has 1 rings (SSSR count). The van der Waals surface area contributed by atoms with Gasteiger partial charge < -0.3 is 10.3 Å². The smallest absolute Gasteiger partial charge is 0.422 e. The predicted molar refractivity (Wildman–Crippen MR) is 66.7 cm³/mol. The molecule has 0 unspecified atom stereocenters. The van der Waals surface area contributed by atoms with Gasteiger partial charge in [-0.15, -0.1) is 0 Å². The van der Waals surface area contributed by atoms with Crippen LogP contribution in [0.25, 0.3) is 5.53 Å². The summed E-state index contributed by atoms with van der Waals surface area (Å²) in [5.41, 5.74) is 7.97. The molecular weight excluding hydrogens is 250 g/mol. The van der Waals surface area contributed by atoms with Gasteiger partial charge in [0.2, 0.25) is 0 Å². The lowest BCUT2D eigenvalue weighted by atomic mass is 10.1. The number of nitro groups is 1. The second kappa shape index (κ2) is 5.41. The first-order valence-corrected chi connectivity index (χ1v) is 5.45. The Labute approximate surface area is 109 Å². The first kappa shape index (κ1) is 14.5. The quantitative estimate of drug-likeness (QED) is 0.207. The minimum atomic E-state index is -0.802. The molecule has 7 nitrogen and oxygen atoms in total. The summed E-state index contributed by atoms with van der Waals surface area (Å²) in [6.07, 6.45) is 0. The fraction of sp³-hybridized carbons (Fsp3) is 0.333. The van der Waals surface area contributed by atoms with E-state index in [1.54, 1.807) is 20.8 Å². The van der Waals surface area contributed by atoms with Gasteiger partial charge in [-0.3, -0.25) is 10.1 Å². The summed E-state index contributed by atoms with van der Waals surface area (Å²) in [5.74, 6) is -0.802. The maximum atomic E-state index is 11.8. The average molecular weight is 263 g/mol. The monoisotopic (exact) mass is 263 g/mol. The Morgan fingerprint density at radius 3 is 2.21 bits per heavy atom. The maximum Gasteiger partial charge on any atom is 0.422 e. The van der Waals surface area contributed by atoms with Crippen LogP contribution in [-0.4, -0.2) is 27.0 Å². The minimum Gasteiger partial charge on any atom is -0.451 e. The lowest BCUT2D eigenvalue weighted by molar-refractivity contribution is -0.384. The molecule has 0 fully saturated rings. The Morgan fingerprint density at radius 1 is 1.32 bits per heavy atom. The van der Waals surface area contributed by atoms with Crippen LogP contribution in [0.2, 0.25) is 0 Å². The van der Waals surface area contributed by atoms with Crippen LogP contribution in [0.1, 0.15) is 26.3 Å². The molecule has 1 aromatic carbocycles. The minimum absolute atomic E-state index is 0.120. The largest absolute Gasteiger partial charge is 0.451 e. The van der Waals surface area contributed by atoms with E-state index in [4.69, 9.17) is 10.3 Å². The topological polar surface area (TPSA) is 106 Å². The molecular formula is C12H13N3O4. The highest BCUT2D eigenvalue weighted by atomic mass is 16.6. The molecule has 0 radical (unpaired) electrons. The molecule has 0 heterocycles. The van der Waals surface area contributed by atoms with Crippen LogP contribution >= 0.6 is 0 Å². The van der Waals surface area contributed by atoms with Gasteiger partial charge >= 0.3 is 11.7 Å². The highest BCUT2D eigenvalue weighted by Gasteiger charge is 2.29. The van der Waals surface area contributed by atoms with E-state index in [0.717, 1.165) is 0 Å². The third-order valence-electron chi connectivity index (χ3n) is 2.04. The molecule has 0 aromatic heterocycles. The summed E-state index contributed by atoms with van der Waals surface area (Å²) in [7, 11) is 0. The average Bonchev–Trinajstić information content (AvgIpc) is 2.28. The van der Waals surface area contributed by atoms with Crippen LogP contribution in [0.3, 0.4) is 0 Å². The second-order valence-electron chi connectivity index (χ2n) is 4.75. The van der Waals surface area contributed by atoms with Crippen molar-refractivity contribution in [3.63, 3.8) is 0 Å². The third kappa shape index (κ3) is 4.01. The second-order valence-corrected chi connectivity index (χ2v) is 4.75. The molecule has 0 aliphatic heterocycles. The molecule has 0 spiro atoms. The maximum absolute atomic E-state index is 11.8. The zero-order valence-corrected chi connectivity index (χ0v) is 10.8.